The van der Waals surface area contributed by atoms with E-state index >= 15 is 0 Å². The molecule has 7 nitrogen and oxygen atoms in total. The number of ether oxygens (including phenoxy) is 1. The Labute approximate surface area is 151 Å². The number of hydrogen-bond acceptors (Lipinski definition) is 4. The van der Waals surface area contributed by atoms with Crippen LogP contribution in [0.1, 0.15) is 25.8 Å². The number of carboxylic acids is 1. The molecule has 0 saturated heterocycles. The molecular weight excluding hydrogens is 336 g/mol. The summed E-state index contributed by atoms with van der Waals surface area (Å²) in [7, 11) is 1.25. The number of para-hydroxylation sites is 1. The van der Waals surface area contributed by atoms with E-state index in [2.05, 4.69) is 10.3 Å². The van der Waals surface area contributed by atoms with Gasteiger partial charge >= 0.3 is 11.9 Å². The molecule has 0 aliphatic carbocycles. The molecule has 0 aliphatic rings. The molecule has 1 atom stereocenters. The van der Waals surface area contributed by atoms with Crippen LogP contribution in [-0.4, -0.2) is 41.1 Å². The Balaban J connectivity index is 2.25. The number of nitrogens with one attached hydrogen (secondary N) is 2. The lowest BCUT2D eigenvalue weighted by molar-refractivity contribution is -0.144. The molecule has 0 saturated carbocycles. The van der Waals surface area contributed by atoms with Crippen molar-refractivity contribution in [1.82, 2.24) is 10.3 Å². The molecule has 0 radical (unpaired) electrons. The van der Waals surface area contributed by atoms with E-state index in [0.717, 1.165) is 16.5 Å². The summed E-state index contributed by atoms with van der Waals surface area (Å²) >= 11 is 0. The van der Waals surface area contributed by atoms with Crippen LogP contribution >= 0.6 is 0 Å². The molecule has 2 rings (SSSR count). The van der Waals surface area contributed by atoms with E-state index in [4.69, 9.17) is 9.84 Å². The highest BCUT2D eigenvalue weighted by Crippen LogP contribution is 2.20. The van der Waals surface area contributed by atoms with Crippen molar-refractivity contribution in [2.45, 2.75) is 32.7 Å². The van der Waals surface area contributed by atoms with Gasteiger partial charge in [-0.25, -0.2) is 4.79 Å². The smallest absolute Gasteiger partial charge is 0.328 e. The highest BCUT2D eigenvalue weighted by molar-refractivity contribution is 6.00. The number of aliphatic carboxylic acids is 1. The average Bonchev–Trinajstić information content (AvgIpc) is 3.01. The monoisotopic (exact) mass is 358 g/mol. The minimum absolute atomic E-state index is 0.130. The number of carboxylic acid groups (broad SMARTS) is 1. The highest BCUT2D eigenvalue weighted by atomic mass is 16.5. The van der Waals surface area contributed by atoms with Crippen molar-refractivity contribution in [3.63, 3.8) is 0 Å². The van der Waals surface area contributed by atoms with E-state index in [1.54, 1.807) is 20.0 Å². The summed E-state index contributed by atoms with van der Waals surface area (Å²) in [4.78, 5) is 38.7. The first-order valence-electron chi connectivity index (χ1n) is 8.15. The summed E-state index contributed by atoms with van der Waals surface area (Å²) in [6.45, 7) is 3.31. The number of esters is 1. The van der Waals surface area contributed by atoms with Gasteiger partial charge in [-0.3, -0.25) is 9.59 Å². The molecule has 0 fully saturated rings. The van der Waals surface area contributed by atoms with Crippen LogP contribution in [0.5, 0.6) is 0 Å². The molecule has 0 unspecified atom stereocenters. The van der Waals surface area contributed by atoms with Crippen LogP contribution in [0.3, 0.4) is 0 Å². The number of H-pyrrole nitrogens is 1. The van der Waals surface area contributed by atoms with Crippen molar-refractivity contribution in [1.29, 1.82) is 0 Å². The number of hydrogen-bond donors (Lipinski definition) is 3. The third kappa shape index (κ3) is 4.50. The number of carbonyl (C=O) groups excluding carboxylic acids is 2. The number of allylic oxidation sites excluding steroid dienone is 1. The van der Waals surface area contributed by atoms with Gasteiger partial charge in [0.05, 0.1) is 13.5 Å². The van der Waals surface area contributed by atoms with E-state index in [-0.39, 0.29) is 12.0 Å². The maximum absolute atomic E-state index is 12.5. The predicted octanol–water partition coefficient (Wildman–Crippen LogP) is 2.18. The maximum Gasteiger partial charge on any atom is 0.328 e. The number of amides is 1. The second-order valence-corrected chi connectivity index (χ2v) is 6.16. The molecule has 1 aromatic heterocycles. The Morgan fingerprint density at radius 1 is 1.23 bits per heavy atom. The minimum atomic E-state index is -1.11. The number of carbonyl (C=O) groups is 3. The van der Waals surface area contributed by atoms with Crippen LogP contribution in [0.4, 0.5) is 0 Å². The molecule has 0 aliphatic heterocycles. The number of rotatable bonds is 7. The lowest BCUT2D eigenvalue weighted by Gasteiger charge is -2.18. The Bertz CT molecular complexity index is 862. The minimum Gasteiger partial charge on any atom is -0.481 e. The SMILES string of the molecule is COC(=O)[C@H](Cc1c[nH]c2ccccc12)NC(=O)C(CC(=O)O)=C(C)C. The van der Waals surface area contributed by atoms with Gasteiger partial charge in [0, 0.05) is 29.1 Å². The summed E-state index contributed by atoms with van der Waals surface area (Å²) < 4.78 is 4.80. The summed E-state index contributed by atoms with van der Waals surface area (Å²) in [5, 5.41) is 12.5. The van der Waals surface area contributed by atoms with E-state index in [0.29, 0.717) is 5.57 Å². The van der Waals surface area contributed by atoms with Crippen LogP contribution in [0.25, 0.3) is 10.9 Å². The van der Waals surface area contributed by atoms with Crippen molar-refractivity contribution < 1.29 is 24.2 Å². The third-order valence-corrected chi connectivity index (χ3v) is 4.10. The van der Waals surface area contributed by atoms with Gasteiger partial charge in [-0.05, 0) is 25.5 Å². The number of methoxy groups -OCH3 is 1. The van der Waals surface area contributed by atoms with Gasteiger partial charge in [-0.1, -0.05) is 23.8 Å². The molecule has 1 heterocycles. The zero-order chi connectivity index (χ0) is 19.3. The number of aromatic nitrogens is 1. The first-order chi connectivity index (χ1) is 12.3. The second-order valence-electron chi connectivity index (χ2n) is 6.16. The van der Waals surface area contributed by atoms with E-state index in [9.17, 15) is 14.4 Å². The van der Waals surface area contributed by atoms with E-state index in [1.165, 1.54) is 7.11 Å². The summed E-state index contributed by atoms with van der Waals surface area (Å²) in [6.07, 6.45) is 1.60. The van der Waals surface area contributed by atoms with Gasteiger partial charge < -0.3 is 20.1 Å². The molecule has 0 spiro atoms. The molecule has 1 aromatic carbocycles. The zero-order valence-corrected chi connectivity index (χ0v) is 15.0. The quantitative estimate of drug-likeness (QED) is 0.519. The predicted molar refractivity (Wildman–Crippen MR) is 96.6 cm³/mol. The molecule has 7 heteroatoms. The second kappa shape index (κ2) is 8.33. The van der Waals surface area contributed by atoms with Gasteiger partial charge in [0.2, 0.25) is 5.91 Å². The standard InChI is InChI=1S/C19H22N2O5/c1-11(2)14(9-17(22)23)18(24)21-16(19(25)26-3)8-12-10-20-15-7-5-4-6-13(12)15/h4-7,10,16,20H,8-9H2,1-3H3,(H,21,24)(H,22,23)/t16-/m0/s1. The van der Waals surface area contributed by atoms with Crippen LogP contribution in [0, 0.1) is 0 Å². The van der Waals surface area contributed by atoms with Crippen LogP contribution < -0.4 is 5.32 Å². The number of fused-ring (bicyclic) bond motifs is 1. The molecule has 1 amide bonds. The highest BCUT2D eigenvalue weighted by Gasteiger charge is 2.25. The molecular formula is C19H22N2O5. The Morgan fingerprint density at radius 2 is 1.92 bits per heavy atom. The third-order valence-electron chi connectivity index (χ3n) is 4.10. The van der Waals surface area contributed by atoms with E-state index in [1.807, 2.05) is 24.3 Å². The Hall–Kier alpha value is -3.09. The van der Waals surface area contributed by atoms with Gasteiger partial charge in [0.15, 0.2) is 0 Å². The van der Waals surface area contributed by atoms with Gasteiger partial charge in [-0.15, -0.1) is 0 Å². The van der Waals surface area contributed by atoms with E-state index < -0.39 is 30.3 Å². The largest absolute Gasteiger partial charge is 0.481 e. The first-order valence-corrected chi connectivity index (χ1v) is 8.15. The number of aromatic amines is 1. The van der Waals surface area contributed by atoms with Crippen molar-refractivity contribution in [2.75, 3.05) is 7.11 Å². The van der Waals surface area contributed by atoms with Gasteiger partial charge in [0.25, 0.3) is 0 Å². The van der Waals surface area contributed by atoms with Crippen LogP contribution in [0.15, 0.2) is 41.6 Å². The lowest BCUT2D eigenvalue weighted by Crippen LogP contribution is -2.44. The summed E-state index contributed by atoms with van der Waals surface area (Å²) in [5.74, 6) is -2.28. The van der Waals surface area contributed by atoms with Crippen molar-refractivity contribution >= 4 is 28.7 Å². The number of benzene rings is 1. The first kappa shape index (κ1) is 19.2. The topological polar surface area (TPSA) is 108 Å². The Kier molecular flexibility index (Phi) is 6.16. The zero-order valence-electron chi connectivity index (χ0n) is 15.0. The summed E-state index contributed by atoms with van der Waals surface area (Å²) in [6, 6.07) is 6.70. The van der Waals surface area contributed by atoms with Crippen molar-refractivity contribution in [3.05, 3.63) is 47.2 Å². The fourth-order valence-electron chi connectivity index (χ4n) is 2.74. The molecule has 138 valence electrons. The Morgan fingerprint density at radius 3 is 2.54 bits per heavy atom. The average molecular weight is 358 g/mol. The molecule has 3 N–H and O–H groups in total. The summed E-state index contributed by atoms with van der Waals surface area (Å²) in [5.41, 5.74) is 2.49. The van der Waals surface area contributed by atoms with Crippen LogP contribution in [0.2, 0.25) is 0 Å². The fraction of sp³-hybridized carbons (Fsp3) is 0.316. The lowest BCUT2D eigenvalue weighted by atomic mass is 10.0. The van der Waals surface area contributed by atoms with Crippen molar-refractivity contribution in [2.24, 2.45) is 0 Å². The van der Waals surface area contributed by atoms with Crippen LogP contribution in [-0.2, 0) is 25.5 Å². The van der Waals surface area contributed by atoms with Crippen molar-refractivity contribution in [3.8, 4) is 0 Å². The normalized spacial score (nSPS) is 11.7. The molecule has 0 bridgehead atoms. The molecule has 2 aromatic rings. The maximum atomic E-state index is 12.5. The van der Waals surface area contributed by atoms with Gasteiger partial charge in [0.1, 0.15) is 6.04 Å². The van der Waals surface area contributed by atoms with Gasteiger partial charge in [-0.2, -0.15) is 0 Å². The molecule has 26 heavy (non-hydrogen) atoms. The fourth-order valence-corrected chi connectivity index (χ4v) is 2.74.